The van der Waals surface area contributed by atoms with Crippen molar-refractivity contribution >= 4 is 27.5 Å². The molecule has 164 valence electrons. The summed E-state index contributed by atoms with van der Waals surface area (Å²) in [5, 5.41) is 2.87. The summed E-state index contributed by atoms with van der Waals surface area (Å²) >= 11 is 0. The molecule has 1 saturated heterocycles. The number of hydrogen-bond donors (Lipinski definition) is 1. The average Bonchev–Trinajstić information content (AvgIpc) is 2.99. The summed E-state index contributed by atoms with van der Waals surface area (Å²) in [5.74, 6) is -0.688. The van der Waals surface area contributed by atoms with E-state index in [0.717, 1.165) is 23.0 Å². The Hall–Kier alpha value is -2.87. The number of anilines is 1. The molecule has 0 bridgehead atoms. The lowest BCUT2D eigenvalue weighted by Gasteiger charge is -2.28. The van der Waals surface area contributed by atoms with Gasteiger partial charge in [0.2, 0.25) is 5.91 Å². The van der Waals surface area contributed by atoms with E-state index in [9.17, 15) is 18.0 Å². The summed E-state index contributed by atoms with van der Waals surface area (Å²) in [6.07, 6.45) is 4.19. The Balaban J connectivity index is 1.23. The number of piperidine rings is 1. The van der Waals surface area contributed by atoms with Gasteiger partial charge in [-0.15, -0.1) is 0 Å². The Kier molecular flexibility index (Phi) is 6.27. The molecule has 2 heterocycles. The van der Waals surface area contributed by atoms with Crippen LogP contribution in [-0.4, -0.2) is 44.2 Å². The molecule has 0 aliphatic carbocycles. The number of hydrogen-bond acceptors (Lipinski definition) is 5. The molecule has 31 heavy (non-hydrogen) atoms. The molecule has 2 aromatic rings. The van der Waals surface area contributed by atoms with E-state index >= 15 is 0 Å². The first-order valence-corrected chi connectivity index (χ1v) is 12.2. The van der Waals surface area contributed by atoms with Gasteiger partial charge in [-0.3, -0.25) is 9.59 Å². The van der Waals surface area contributed by atoms with Crippen LogP contribution >= 0.6 is 0 Å². The minimum absolute atomic E-state index is 0.00615. The van der Waals surface area contributed by atoms with Crippen LogP contribution in [0.25, 0.3) is 0 Å². The predicted molar refractivity (Wildman–Crippen MR) is 118 cm³/mol. The largest absolute Gasteiger partial charge is 0.372 e. The number of nitrogens with one attached hydrogen (secondary N) is 1. The van der Waals surface area contributed by atoms with Gasteiger partial charge in [-0.05, 0) is 55.5 Å². The number of amides is 2. The Labute approximate surface area is 183 Å². The highest BCUT2D eigenvalue weighted by Gasteiger charge is 2.40. The highest BCUT2D eigenvalue weighted by molar-refractivity contribution is 7.90. The van der Waals surface area contributed by atoms with Gasteiger partial charge >= 0.3 is 0 Å². The lowest BCUT2D eigenvalue weighted by Crippen LogP contribution is -2.32. The molecule has 0 saturated carbocycles. The first kappa shape index (κ1) is 21.4. The molecule has 7 nitrogen and oxygen atoms in total. The summed E-state index contributed by atoms with van der Waals surface area (Å²) in [6.45, 7) is 2.60. The van der Waals surface area contributed by atoms with Crippen LogP contribution in [0.15, 0.2) is 53.4 Å². The molecule has 2 aromatic carbocycles. The third-order valence-electron chi connectivity index (χ3n) is 5.82. The van der Waals surface area contributed by atoms with Crippen molar-refractivity contribution in [3.63, 3.8) is 0 Å². The van der Waals surface area contributed by atoms with E-state index in [1.165, 1.54) is 37.1 Å². The minimum atomic E-state index is -3.81. The van der Waals surface area contributed by atoms with Crippen LogP contribution in [0.5, 0.6) is 0 Å². The van der Waals surface area contributed by atoms with Gasteiger partial charge in [-0.1, -0.05) is 24.3 Å². The zero-order valence-corrected chi connectivity index (χ0v) is 18.2. The van der Waals surface area contributed by atoms with Crippen LogP contribution in [0.4, 0.5) is 5.69 Å². The van der Waals surface area contributed by atoms with Gasteiger partial charge in [-0.2, -0.15) is 0 Å². The normalized spacial score (nSPS) is 17.5. The van der Waals surface area contributed by atoms with Crippen molar-refractivity contribution in [2.24, 2.45) is 0 Å². The predicted octanol–water partition coefficient (Wildman–Crippen LogP) is 2.92. The summed E-state index contributed by atoms with van der Waals surface area (Å²) in [6, 6.07) is 14.4. The van der Waals surface area contributed by atoms with E-state index in [4.69, 9.17) is 0 Å². The maximum atomic E-state index is 12.5. The fourth-order valence-electron chi connectivity index (χ4n) is 4.10. The fraction of sp³-hybridized carbons (Fsp3) is 0.391. The number of sulfonamides is 1. The van der Waals surface area contributed by atoms with Gasteiger partial charge in [0.05, 0.1) is 5.56 Å². The quantitative estimate of drug-likeness (QED) is 0.714. The first-order valence-electron chi connectivity index (χ1n) is 10.7. The van der Waals surface area contributed by atoms with Gasteiger partial charge in [0.25, 0.3) is 15.9 Å². The Bertz CT molecular complexity index is 1060. The fourth-order valence-corrected chi connectivity index (χ4v) is 5.71. The van der Waals surface area contributed by atoms with Crippen LogP contribution in [0.3, 0.4) is 0 Å². The summed E-state index contributed by atoms with van der Waals surface area (Å²) in [7, 11) is -3.81. The van der Waals surface area contributed by atoms with Gasteiger partial charge in [-0.25, -0.2) is 12.7 Å². The van der Waals surface area contributed by atoms with Crippen LogP contribution in [0.2, 0.25) is 0 Å². The standard InChI is InChI=1S/C23H27N3O4S/c27-22(24-17-18-10-12-19(13-11-18)25-14-4-1-5-15-25)9-6-16-26-23(28)20-7-2-3-8-21(20)31(26,29)30/h2-3,7-8,10-13H,1,4-6,9,14-17H2,(H,24,27). The van der Waals surface area contributed by atoms with Crippen LogP contribution in [0.1, 0.15) is 48.0 Å². The van der Waals surface area contributed by atoms with Crippen molar-refractivity contribution in [1.82, 2.24) is 9.62 Å². The lowest BCUT2D eigenvalue weighted by atomic mass is 10.1. The highest BCUT2D eigenvalue weighted by atomic mass is 32.2. The third kappa shape index (κ3) is 4.58. The number of carbonyl (C=O) groups excluding carboxylic acids is 2. The number of benzene rings is 2. The molecule has 1 N–H and O–H groups in total. The van der Waals surface area contributed by atoms with Crippen molar-refractivity contribution < 1.29 is 18.0 Å². The number of rotatable bonds is 7. The molecule has 0 atom stereocenters. The van der Waals surface area contributed by atoms with E-state index in [1.807, 2.05) is 12.1 Å². The SMILES string of the molecule is O=C(CCCN1C(=O)c2ccccc2S1(=O)=O)NCc1ccc(N2CCCCC2)cc1. The second kappa shape index (κ2) is 9.09. The van der Waals surface area contributed by atoms with Gasteiger partial charge in [0, 0.05) is 38.3 Å². The van der Waals surface area contributed by atoms with Crippen LogP contribution in [-0.2, 0) is 21.4 Å². The molecule has 0 unspecified atom stereocenters. The van der Waals surface area contributed by atoms with Crippen LogP contribution < -0.4 is 10.2 Å². The molecule has 0 spiro atoms. The molecular weight excluding hydrogens is 414 g/mol. The molecule has 2 aliphatic heterocycles. The number of nitrogens with zero attached hydrogens (tertiary/aromatic N) is 2. The Morgan fingerprint density at radius 3 is 2.39 bits per heavy atom. The summed E-state index contributed by atoms with van der Waals surface area (Å²) in [5.41, 5.74) is 2.43. The van der Waals surface area contributed by atoms with E-state index in [-0.39, 0.29) is 35.8 Å². The molecule has 2 aliphatic rings. The molecule has 2 amide bonds. The van der Waals surface area contributed by atoms with Crippen molar-refractivity contribution in [3.8, 4) is 0 Å². The molecule has 1 fully saturated rings. The maximum absolute atomic E-state index is 12.5. The van der Waals surface area contributed by atoms with Gasteiger partial charge in [0.1, 0.15) is 4.90 Å². The maximum Gasteiger partial charge on any atom is 0.269 e. The highest BCUT2D eigenvalue weighted by Crippen LogP contribution is 2.30. The van der Waals surface area contributed by atoms with E-state index in [2.05, 4.69) is 22.3 Å². The van der Waals surface area contributed by atoms with Crippen LogP contribution in [0, 0.1) is 0 Å². The zero-order chi connectivity index (χ0) is 21.8. The molecule has 8 heteroatoms. The third-order valence-corrected chi connectivity index (χ3v) is 7.66. The zero-order valence-electron chi connectivity index (χ0n) is 17.4. The minimum Gasteiger partial charge on any atom is -0.372 e. The average molecular weight is 442 g/mol. The van der Waals surface area contributed by atoms with E-state index in [0.29, 0.717) is 6.54 Å². The van der Waals surface area contributed by atoms with Crippen molar-refractivity contribution in [1.29, 1.82) is 0 Å². The van der Waals surface area contributed by atoms with Crippen molar-refractivity contribution in [2.75, 3.05) is 24.5 Å². The monoisotopic (exact) mass is 441 g/mol. The Morgan fingerprint density at radius 2 is 1.68 bits per heavy atom. The number of fused-ring (bicyclic) bond motifs is 1. The first-order chi connectivity index (χ1) is 15.0. The second-order valence-electron chi connectivity index (χ2n) is 7.97. The second-order valence-corrected chi connectivity index (χ2v) is 9.80. The smallest absolute Gasteiger partial charge is 0.269 e. The summed E-state index contributed by atoms with van der Waals surface area (Å²) < 4.78 is 25.9. The van der Waals surface area contributed by atoms with Gasteiger partial charge in [0.15, 0.2) is 0 Å². The molecule has 0 radical (unpaired) electrons. The number of carbonyl (C=O) groups is 2. The van der Waals surface area contributed by atoms with E-state index in [1.54, 1.807) is 12.1 Å². The molecule has 4 rings (SSSR count). The van der Waals surface area contributed by atoms with Crippen molar-refractivity contribution in [3.05, 3.63) is 59.7 Å². The topological polar surface area (TPSA) is 86.8 Å². The summed E-state index contributed by atoms with van der Waals surface area (Å²) in [4.78, 5) is 27.0. The van der Waals surface area contributed by atoms with Crippen molar-refractivity contribution in [2.45, 2.75) is 43.5 Å². The van der Waals surface area contributed by atoms with E-state index < -0.39 is 15.9 Å². The Morgan fingerprint density at radius 1 is 0.968 bits per heavy atom. The lowest BCUT2D eigenvalue weighted by molar-refractivity contribution is -0.121. The van der Waals surface area contributed by atoms with Gasteiger partial charge < -0.3 is 10.2 Å². The molecule has 0 aromatic heterocycles. The molecular formula is C23H27N3O4S.